The molecule has 4 N–H and O–H groups in total. The third kappa shape index (κ3) is 4.38. The summed E-state index contributed by atoms with van der Waals surface area (Å²) in [7, 11) is 0. The van der Waals surface area contributed by atoms with Crippen LogP contribution in [0.2, 0.25) is 0 Å². The van der Waals surface area contributed by atoms with E-state index in [1.54, 1.807) is 0 Å². The number of nitro benzene ring substituents is 1. The van der Waals surface area contributed by atoms with Crippen molar-refractivity contribution < 1.29 is 34.5 Å². The Hall–Kier alpha value is -3.39. The zero-order valence-corrected chi connectivity index (χ0v) is 14.6. The quantitative estimate of drug-likeness (QED) is 0.367. The fourth-order valence-corrected chi connectivity index (χ4v) is 2.66. The number of carbonyl (C=O) groups is 1. The van der Waals surface area contributed by atoms with Crippen molar-refractivity contribution in [3.05, 3.63) is 57.1 Å². The van der Waals surface area contributed by atoms with Gasteiger partial charge in [0.2, 0.25) is 0 Å². The summed E-state index contributed by atoms with van der Waals surface area (Å²) in [5.41, 5.74) is -1.07. The number of hydrogen-bond donors (Lipinski definition) is 4. The van der Waals surface area contributed by atoms with Crippen molar-refractivity contribution in [3.63, 3.8) is 0 Å². The average molecular weight is 408 g/mol. The number of nitrogens with one attached hydrogen (secondary N) is 1. The molecule has 1 fully saturated rings. The SMILES string of the molecule is O=C(Nc1ccn([C@@H]2O[C@H](CO)[C@@H](O)[C@@H]2O)c(=O)n1)Oc1ccc([N+](=O)[O-])cc1. The first-order valence-electron chi connectivity index (χ1n) is 8.25. The summed E-state index contributed by atoms with van der Waals surface area (Å²) < 4.78 is 11.1. The summed E-state index contributed by atoms with van der Waals surface area (Å²) in [6, 6.07) is 5.99. The molecule has 1 amide bonds. The lowest BCUT2D eigenvalue weighted by Crippen LogP contribution is -2.36. The second-order valence-electron chi connectivity index (χ2n) is 6.00. The van der Waals surface area contributed by atoms with E-state index in [1.807, 2.05) is 0 Å². The summed E-state index contributed by atoms with van der Waals surface area (Å²) in [6.45, 7) is -0.551. The molecule has 0 aliphatic carbocycles. The van der Waals surface area contributed by atoms with E-state index in [4.69, 9.17) is 14.6 Å². The number of benzene rings is 1. The number of anilines is 1. The van der Waals surface area contributed by atoms with Crippen LogP contribution in [0.3, 0.4) is 0 Å². The normalized spacial score (nSPS) is 23.6. The monoisotopic (exact) mass is 408 g/mol. The van der Waals surface area contributed by atoms with Crippen LogP contribution in [0.4, 0.5) is 16.3 Å². The number of aliphatic hydroxyl groups excluding tert-OH is 3. The van der Waals surface area contributed by atoms with Crippen molar-refractivity contribution in [1.29, 1.82) is 0 Å². The Bertz CT molecular complexity index is 962. The zero-order chi connectivity index (χ0) is 21.1. The number of aliphatic hydroxyl groups is 3. The number of ether oxygens (including phenoxy) is 2. The van der Waals surface area contributed by atoms with Crippen LogP contribution < -0.4 is 15.7 Å². The molecule has 1 saturated heterocycles. The van der Waals surface area contributed by atoms with E-state index < -0.39 is 47.9 Å². The second-order valence-corrected chi connectivity index (χ2v) is 6.00. The average Bonchev–Trinajstić information content (AvgIpc) is 2.96. The van der Waals surface area contributed by atoms with E-state index >= 15 is 0 Å². The van der Waals surface area contributed by atoms with Crippen LogP contribution in [-0.4, -0.2) is 60.8 Å². The van der Waals surface area contributed by atoms with Crippen molar-refractivity contribution in [2.24, 2.45) is 0 Å². The van der Waals surface area contributed by atoms with Gasteiger partial charge in [0.15, 0.2) is 6.23 Å². The van der Waals surface area contributed by atoms with Gasteiger partial charge < -0.3 is 24.8 Å². The fourth-order valence-electron chi connectivity index (χ4n) is 2.66. The molecule has 1 aliphatic heterocycles. The first-order valence-corrected chi connectivity index (χ1v) is 8.25. The third-order valence-electron chi connectivity index (χ3n) is 4.11. The number of nitrogens with zero attached hydrogens (tertiary/aromatic N) is 3. The number of hydrogen-bond acceptors (Lipinski definition) is 10. The van der Waals surface area contributed by atoms with Crippen molar-refractivity contribution in [3.8, 4) is 5.75 Å². The van der Waals surface area contributed by atoms with E-state index in [0.29, 0.717) is 0 Å². The smallest absolute Gasteiger partial charge is 0.410 e. The van der Waals surface area contributed by atoms with Gasteiger partial charge in [0, 0.05) is 18.3 Å². The lowest BCUT2D eigenvalue weighted by atomic mass is 10.1. The molecule has 13 heteroatoms. The number of rotatable bonds is 5. The fraction of sp³-hybridized carbons (Fsp3) is 0.312. The molecule has 1 aliphatic rings. The molecule has 1 aromatic carbocycles. The van der Waals surface area contributed by atoms with Gasteiger partial charge in [-0.2, -0.15) is 4.98 Å². The molecule has 4 atom stereocenters. The Morgan fingerprint density at radius 2 is 1.97 bits per heavy atom. The lowest BCUT2D eigenvalue weighted by molar-refractivity contribution is -0.384. The van der Waals surface area contributed by atoms with E-state index in [2.05, 4.69) is 10.3 Å². The highest BCUT2D eigenvalue weighted by atomic mass is 16.6. The predicted molar refractivity (Wildman–Crippen MR) is 94.2 cm³/mol. The molecule has 0 unspecified atom stereocenters. The van der Waals surface area contributed by atoms with Gasteiger partial charge in [-0.1, -0.05) is 0 Å². The first-order chi connectivity index (χ1) is 13.8. The van der Waals surface area contributed by atoms with Crippen LogP contribution in [0, 0.1) is 10.1 Å². The first kappa shape index (κ1) is 20.3. The minimum atomic E-state index is -1.46. The molecule has 13 nitrogen and oxygen atoms in total. The van der Waals surface area contributed by atoms with Crippen molar-refractivity contribution in [2.75, 3.05) is 11.9 Å². The number of amides is 1. The van der Waals surface area contributed by atoms with Gasteiger partial charge in [0.1, 0.15) is 29.9 Å². The Balaban J connectivity index is 1.66. The highest BCUT2D eigenvalue weighted by Gasteiger charge is 2.43. The predicted octanol–water partition coefficient (Wildman–Crippen LogP) is -0.626. The van der Waals surface area contributed by atoms with Gasteiger partial charge in [-0.15, -0.1) is 0 Å². The summed E-state index contributed by atoms with van der Waals surface area (Å²) in [6.07, 6.45) is -4.98. The Labute approximate surface area is 161 Å². The number of nitro groups is 1. The van der Waals surface area contributed by atoms with Crippen LogP contribution in [0.15, 0.2) is 41.3 Å². The molecule has 154 valence electrons. The number of aromatic nitrogens is 2. The van der Waals surface area contributed by atoms with Crippen molar-refractivity contribution in [2.45, 2.75) is 24.5 Å². The Morgan fingerprint density at radius 3 is 2.52 bits per heavy atom. The molecule has 0 radical (unpaired) electrons. The molecule has 29 heavy (non-hydrogen) atoms. The highest BCUT2D eigenvalue weighted by molar-refractivity contribution is 5.85. The molecule has 0 spiro atoms. The second kappa shape index (κ2) is 8.32. The number of carbonyl (C=O) groups excluding carboxylic acids is 1. The van der Waals surface area contributed by atoms with E-state index in [-0.39, 0.29) is 17.3 Å². The van der Waals surface area contributed by atoms with E-state index in [1.165, 1.54) is 24.4 Å². The van der Waals surface area contributed by atoms with Crippen LogP contribution in [-0.2, 0) is 4.74 Å². The summed E-state index contributed by atoms with van der Waals surface area (Å²) in [5.74, 6) is -0.127. The maximum Gasteiger partial charge on any atom is 0.418 e. The molecular weight excluding hydrogens is 392 g/mol. The number of non-ortho nitro benzene ring substituents is 1. The van der Waals surface area contributed by atoms with Crippen LogP contribution >= 0.6 is 0 Å². The van der Waals surface area contributed by atoms with E-state index in [0.717, 1.165) is 16.7 Å². The third-order valence-corrected chi connectivity index (χ3v) is 4.11. The minimum absolute atomic E-state index is 0.0351. The summed E-state index contributed by atoms with van der Waals surface area (Å²) in [5, 5.41) is 41.6. The highest BCUT2D eigenvalue weighted by Crippen LogP contribution is 2.28. The minimum Gasteiger partial charge on any atom is -0.410 e. The van der Waals surface area contributed by atoms with Gasteiger partial charge in [-0.05, 0) is 18.2 Å². The molecule has 0 saturated carbocycles. The van der Waals surface area contributed by atoms with Crippen molar-refractivity contribution in [1.82, 2.24) is 9.55 Å². The molecular formula is C16H16N4O9. The summed E-state index contributed by atoms with van der Waals surface area (Å²) in [4.78, 5) is 37.7. The largest absolute Gasteiger partial charge is 0.418 e. The van der Waals surface area contributed by atoms with E-state index in [9.17, 15) is 29.9 Å². The van der Waals surface area contributed by atoms with Gasteiger partial charge in [0.05, 0.1) is 11.5 Å². The van der Waals surface area contributed by atoms with Gasteiger partial charge in [-0.25, -0.2) is 9.59 Å². The molecule has 2 aromatic rings. The standard InChI is InChI=1S/C16H16N4O9/c21-7-10-12(22)13(23)14(29-10)19-6-5-11(17-15(19)24)18-16(25)28-9-3-1-8(2-4-9)20(26)27/h1-6,10,12-14,21-23H,7H2,(H,17,18,24,25)/t10-,12-,13+,14-/m1/s1. The zero-order valence-electron chi connectivity index (χ0n) is 14.6. The Morgan fingerprint density at radius 1 is 1.28 bits per heavy atom. The lowest BCUT2D eigenvalue weighted by Gasteiger charge is -2.17. The summed E-state index contributed by atoms with van der Waals surface area (Å²) >= 11 is 0. The Kier molecular flexibility index (Phi) is 5.84. The van der Waals surface area contributed by atoms with Gasteiger partial charge in [-0.3, -0.25) is 20.0 Å². The van der Waals surface area contributed by atoms with Gasteiger partial charge in [0.25, 0.3) is 5.69 Å². The van der Waals surface area contributed by atoms with Crippen LogP contribution in [0.1, 0.15) is 6.23 Å². The van der Waals surface area contributed by atoms with Crippen LogP contribution in [0.25, 0.3) is 0 Å². The maximum atomic E-state index is 12.2. The molecule has 3 rings (SSSR count). The van der Waals surface area contributed by atoms with Crippen molar-refractivity contribution >= 4 is 17.6 Å². The molecule has 2 heterocycles. The van der Waals surface area contributed by atoms with Crippen LogP contribution in [0.5, 0.6) is 5.75 Å². The molecule has 0 bridgehead atoms. The topological polar surface area (TPSA) is 186 Å². The molecule has 1 aromatic heterocycles. The van der Waals surface area contributed by atoms with Gasteiger partial charge >= 0.3 is 11.8 Å². The maximum absolute atomic E-state index is 12.2.